The van der Waals surface area contributed by atoms with Crippen molar-refractivity contribution in [1.29, 1.82) is 0 Å². The molecule has 0 bridgehead atoms. The third kappa shape index (κ3) is 3.51. The topological polar surface area (TPSA) is 58.6 Å². The second-order valence-electron chi connectivity index (χ2n) is 4.20. The van der Waals surface area contributed by atoms with Gasteiger partial charge in [-0.15, -0.1) is 0 Å². The number of benzene rings is 2. The summed E-state index contributed by atoms with van der Waals surface area (Å²) >= 11 is 3.38. The SMILES string of the molecule is COc1ccc(C(=O)O)c(NCc2ccc(Br)cc2)c1. The molecule has 2 N–H and O–H groups in total. The van der Waals surface area contributed by atoms with Gasteiger partial charge < -0.3 is 15.2 Å². The lowest BCUT2D eigenvalue weighted by atomic mass is 10.1. The first-order chi connectivity index (χ1) is 9.60. The van der Waals surface area contributed by atoms with Crippen LogP contribution in [0.25, 0.3) is 0 Å². The van der Waals surface area contributed by atoms with Crippen LogP contribution in [0.15, 0.2) is 46.9 Å². The highest BCUT2D eigenvalue weighted by atomic mass is 79.9. The van der Waals surface area contributed by atoms with Crippen LogP contribution in [-0.4, -0.2) is 18.2 Å². The molecule has 2 aromatic rings. The fraction of sp³-hybridized carbons (Fsp3) is 0.133. The van der Waals surface area contributed by atoms with Crippen molar-refractivity contribution in [3.8, 4) is 5.75 Å². The number of aromatic carboxylic acids is 1. The summed E-state index contributed by atoms with van der Waals surface area (Å²) in [6.45, 7) is 0.542. The number of ether oxygens (including phenoxy) is 1. The predicted octanol–water partition coefficient (Wildman–Crippen LogP) is 3.77. The van der Waals surface area contributed by atoms with E-state index >= 15 is 0 Å². The molecular formula is C15H14BrNO3. The highest BCUT2D eigenvalue weighted by Crippen LogP contribution is 2.23. The Bertz CT molecular complexity index is 611. The van der Waals surface area contributed by atoms with Crippen LogP contribution in [0, 0.1) is 0 Å². The lowest BCUT2D eigenvalue weighted by Gasteiger charge is -2.11. The second-order valence-corrected chi connectivity index (χ2v) is 5.11. The van der Waals surface area contributed by atoms with Crippen LogP contribution in [0.2, 0.25) is 0 Å². The van der Waals surface area contributed by atoms with Gasteiger partial charge >= 0.3 is 5.97 Å². The van der Waals surface area contributed by atoms with Crippen LogP contribution in [0.4, 0.5) is 5.69 Å². The van der Waals surface area contributed by atoms with Crippen molar-refractivity contribution in [3.05, 3.63) is 58.1 Å². The Balaban J connectivity index is 2.18. The molecule has 104 valence electrons. The van der Waals surface area contributed by atoms with Gasteiger partial charge in [-0.25, -0.2) is 4.79 Å². The third-order valence-corrected chi connectivity index (χ3v) is 3.38. The summed E-state index contributed by atoms with van der Waals surface area (Å²) < 4.78 is 6.13. The average Bonchev–Trinajstić information content (AvgIpc) is 2.46. The molecule has 0 atom stereocenters. The average molecular weight is 336 g/mol. The van der Waals surface area contributed by atoms with Crippen molar-refractivity contribution >= 4 is 27.6 Å². The van der Waals surface area contributed by atoms with Gasteiger partial charge in [-0.05, 0) is 29.8 Å². The number of carboxylic acid groups (broad SMARTS) is 1. The maximum Gasteiger partial charge on any atom is 0.337 e. The smallest absolute Gasteiger partial charge is 0.337 e. The van der Waals surface area contributed by atoms with E-state index in [1.807, 2.05) is 24.3 Å². The van der Waals surface area contributed by atoms with Gasteiger partial charge in [-0.2, -0.15) is 0 Å². The summed E-state index contributed by atoms with van der Waals surface area (Å²) in [6, 6.07) is 12.7. The number of carbonyl (C=O) groups is 1. The summed E-state index contributed by atoms with van der Waals surface area (Å²) in [5, 5.41) is 12.3. The highest BCUT2D eigenvalue weighted by molar-refractivity contribution is 9.10. The molecule has 0 spiro atoms. The third-order valence-electron chi connectivity index (χ3n) is 2.85. The van der Waals surface area contributed by atoms with Crippen molar-refractivity contribution in [2.45, 2.75) is 6.54 Å². The van der Waals surface area contributed by atoms with Crippen LogP contribution in [0.3, 0.4) is 0 Å². The summed E-state index contributed by atoms with van der Waals surface area (Å²) in [7, 11) is 1.55. The van der Waals surface area contributed by atoms with Gasteiger partial charge in [-0.1, -0.05) is 28.1 Å². The first kappa shape index (κ1) is 14.4. The monoisotopic (exact) mass is 335 g/mol. The minimum absolute atomic E-state index is 0.225. The number of hydrogen-bond donors (Lipinski definition) is 2. The zero-order valence-electron chi connectivity index (χ0n) is 10.9. The number of nitrogens with one attached hydrogen (secondary N) is 1. The summed E-state index contributed by atoms with van der Waals surface area (Å²) in [5.74, 6) is -0.348. The quantitative estimate of drug-likeness (QED) is 0.873. The van der Waals surface area contributed by atoms with Gasteiger partial charge in [0.1, 0.15) is 5.75 Å². The fourth-order valence-corrected chi connectivity index (χ4v) is 2.05. The van der Waals surface area contributed by atoms with Gasteiger partial charge in [0.15, 0.2) is 0 Å². The molecule has 4 nitrogen and oxygen atoms in total. The Morgan fingerprint density at radius 2 is 1.95 bits per heavy atom. The number of halogens is 1. The van der Waals surface area contributed by atoms with Crippen LogP contribution >= 0.6 is 15.9 Å². The van der Waals surface area contributed by atoms with E-state index in [-0.39, 0.29) is 5.56 Å². The van der Waals surface area contributed by atoms with E-state index in [0.717, 1.165) is 10.0 Å². The molecule has 0 fully saturated rings. The minimum Gasteiger partial charge on any atom is -0.497 e. The van der Waals surface area contributed by atoms with Gasteiger partial charge in [0.05, 0.1) is 18.4 Å². The maximum atomic E-state index is 11.2. The molecule has 0 aliphatic rings. The molecule has 0 aromatic heterocycles. The standard InChI is InChI=1S/C15H14BrNO3/c1-20-12-6-7-13(15(18)19)14(8-12)17-9-10-2-4-11(16)5-3-10/h2-8,17H,9H2,1H3,(H,18,19). The van der Waals surface area contributed by atoms with E-state index < -0.39 is 5.97 Å². The molecule has 0 heterocycles. The molecule has 0 amide bonds. The predicted molar refractivity (Wildman–Crippen MR) is 81.4 cm³/mol. The normalized spacial score (nSPS) is 10.1. The first-order valence-electron chi connectivity index (χ1n) is 6.00. The molecule has 2 rings (SSSR count). The van der Waals surface area contributed by atoms with Gasteiger partial charge in [0.25, 0.3) is 0 Å². The number of methoxy groups -OCH3 is 1. The number of carboxylic acids is 1. The number of hydrogen-bond acceptors (Lipinski definition) is 3. The Kier molecular flexibility index (Phi) is 4.63. The number of anilines is 1. The molecule has 0 radical (unpaired) electrons. The molecular weight excluding hydrogens is 322 g/mol. The largest absolute Gasteiger partial charge is 0.497 e. The van der Waals surface area contributed by atoms with Crippen molar-refractivity contribution in [2.24, 2.45) is 0 Å². The zero-order chi connectivity index (χ0) is 14.5. The van der Waals surface area contributed by atoms with Crippen LogP contribution in [0.5, 0.6) is 5.75 Å². The van der Waals surface area contributed by atoms with Crippen molar-refractivity contribution in [2.75, 3.05) is 12.4 Å². The van der Waals surface area contributed by atoms with E-state index in [1.54, 1.807) is 19.2 Å². The lowest BCUT2D eigenvalue weighted by Crippen LogP contribution is -2.06. The molecule has 20 heavy (non-hydrogen) atoms. The van der Waals surface area contributed by atoms with Crippen molar-refractivity contribution in [1.82, 2.24) is 0 Å². The lowest BCUT2D eigenvalue weighted by molar-refractivity contribution is 0.0698. The van der Waals surface area contributed by atoms with Crippen LogP contribution in [-0.2, 0) is 6.54 Å². The minimum atomic E-state index is -0.967. The Morgan fingerprint density at radius 1 is 1.25 bits per heavy atom. The van der Waals surface area contributed by atoms with Gasteiger partial charge in [0, 0.05) is 17.1 Å². The van der Waals surface area contributed by atoms with Gasteiger partial charge in [0.2, 0.25) is 0 Å². The molecule has 0 unspecified atom stereocenters. The maximum absolute atomic E-state index is 11.2. The van der Waals surface area contributed by atoms with E-state index in [0.29, 0.717) is 18.0 Å². The Labute approximate surface area is 125 Å². The van der Waals surface area contributed by atoms with E-state index in [4.69, 9.17) is 4.74 Å². The van der Waals surface area contributed by atoms with E-state index in [2.05, 4.69) is 21.2 Å². The number of rotatable bonds is 5. The Morgan fingerprint density at radius 3 is 2.55 bits per heavy atom. The molecule has 5 heteroatoms. The van der Waals surface area contributed by atoms with Gasteiger partial charge in [-0.3, -0.25) is 0 Å². The van der Waals surface area contributed by atoms with E-state index in [9.17, 15) is 9.90 Å². The zero-order valence-corrected chi connectivity index (χ0v) is 12.5. The Hall–Kier alpha value is -2.01. The second kappa shape index (κ2) is 6.43. The molecule has 0 aliphatic heterocycles. The van der Waals surface area contributed by atoms with Crippen LogP contribution < -0.4 is 10.1 Å². The summed E-state index contributed by atoms with van der Waals surface area (Å²) in [5.41, 5.74) is 1.83. The van der Waals surface area contributed by atoms with E-state index in [1.165, 1.54) is 6.07 Å². The molecule has 0 saturated heterocycles. The molecule has 2 aromatic carbocycles. The molecule has 0 aliphatic carbocycles. The fourth-order valence-electron chi connectivity index (χ4n) is 1.78. The van der Waals surface area contributed by atoms with Crippen molar-refractivity contribution in [3.63, 3.8) is 0 Å². The molecule has 0 saturated carbocycles. The summed E-state index contributed by atoms with van der Waals surface area (Å²) in [4.78, 5) is 11.2. The summed E-state index contributed by atoms with van der Waals surface area (Å²) in [6.07, 6.45) is 0. The van der Waals surface area contributed by atoms with Crippen molar-refractivity contribution < 1.29 is 14.6 Å². The first-order valence-corrected chi connectivity index (χ1v) is 6.79. The van der Waals surface area contributed by atoms with Crippen LogP contribution in [0.1, 0.15) is 15.9 Å². The highest BCUT2D eigenvalue weighted by Gasteiger charge is 2.10.